The third kappa shape index (κ3) is 5.76. The molecule has 2 heterocycles. The molecule has 0 aromatic heterocycles. The van der Waals surface area contributed by atoms with Crippen LogP contribution in [0.2, 0.25) is 0 Å². The molecule has 0 saturated carbocycles. The Morgan fingerprint density at radius 1 is 1.23 bits per heavy atom. The Morgan fingerprint density at radius 3 is 2.60 bits per heavy atom. The highest BCUT2D eigenvalue weighted by Crippen LogP contribution is 2.22. The van der Waals surface area contributed by atoms with Crippen LogP contribution in [0, 0.1) is 11.7 Å². The van der Waals surface area contributed by atoms with Crippen molar-refractivity contribution in [2.24, 2.45) is 5.92 Å². The minimum absolute atomic E-state index is 0.0536. The van der Waals surface area contributed by atoms with E-state index in [2.05, 4.69) is 14.9 Å². The van der Waals surface area contributed by atoms with E-state index in [0.717, 1.165) is 37.7 Å². The summed E-state index contributed by atoms with van der Waals surface area (Å²) in [7, 11) is -3.83. The number of hydrogen-bond acceptors (Lipinski definition) is 6. The lowest BCUT2D eigenvalue weighted by atomic mass is 9.96. The van der Waals surface area contributed by atoms with E-state index in [-0.39, 0.29) is 28.5 Å². The fourth-order valence-corrected chi connectivity index (χ4v) is 5.15. The SMILES string of the molecule is CC(C)NS(=O)(=O)c1ccc(F)c(C(=O)NCC(C2CCOC2)N2CCOCC2)c1. The first-order valence-corrected chi connectivity index (χ1v) is 11.8. The number of hydrogen-bond donors (Lipinski definition) is 2. The Balaban J connectivity index is 1.73. The molecule has 3 rings (SSSR count). The molecular weight excluding hydrogens is 413 g/mol. The number of rotatable bonds is 8. The van der Waals surface area contributed by atoms with Crippen LogP contribution in [0.15, 0.2) is 23.1 Å². The summed E-state index contributed by atoms with van der Waals surface area (Å²) in [6.45, 7) is 7.82. The predicted molar refractivity (Wildman–Crippen MR) is 109 cm³/mol. The molecule has 1 aromatic carbocycles. The number of carbonyl (C=O) groups excluding carboxylic acids is 1. The summed E-state index contributed by atoms with van der Waals surface area (Å²) in [5.41, 5.74) is -0.287. The van der Waals surface area contributed by atoms with Gasteiger partial charge in [0.15, 0.2) is 0 Å². The topological polar surface area (TPSA) is 97.0 Å². The molecule has 0 aliphatic carbocycles. The van der Waals surface area contributed by atoms with Crippen LogP contribution >= 0.6 is 0 Å². The molecular formula is C20H30FN3O5S. The Bertz CT molecular complexity index is 837. The summed E-state index contributed by atoms with van der Waals surface area (Å²) in [6.07, 6.45) is 0.904. The van der Waals surface area contributed by atoms with Crippen LogP contribution in [0.3, 0.4) is 0 Å². The molecule has 0 radical (unpaired) electrons. The van der Waals surface area contributed by atoms with E-state index < -0.39 is 21.7 Å². The van der Waals surface area contributed by atoms with E-state index in [0.29, 0.717) is 33.0 Å². The zero-order valence-electron chi connectivity index (χ0n) is 17.4. The smallest absolute Gasteiger partial charge is 0.254 e. The summed E-state index contributed by atoms with van der Waals surface area (Å²) in [6, 6.07) is 2.98. The number of amides is 1. The lowest BCUT2D eigenvalue weighted by Gasteiger charge is -2.37. The Kier molecular flexibility index (Phi) is 7.81. The number of halogens is 1. The Hall–Kier alpha value is -1.59. The van der Waals surface area contributed by atoms with E-state index in [9.17, 15) is 17.6 Å². The van der Waals surface area contributed by atoms with Gasteiger partial charge < -0.3 is 14.8 Å². The van der Waals surface area contributed by atoms with Gasteiger partial charge in [0.1, 0.15) is 5.82 Å². The van der Waals surface area contributed by atoms with Gasteiger partial charge in [-0.25, -0.2) is 17.5 Å². The van der Waals surface area contributed by atoms with Gasteiger partial charge in [-0.3, -0.25) is 9.69 Å². The minimum atomic E-state index is -3.83. The van der Waals surface area contributed by atoms with Gasteiger partial charge >= 0.3 is 0 Å². The zero-order valence-corrected chi connectivity index (χ0v) is 18.2. The first-order valence-electron chi connectivity index (χ1n) is 10.3. The molecule has 0 spiro atoms. The van der Waals surface area contributed by atoms with E-state index >= 15 is 0 Å². The van der Waals surface area contributed by atoms with E-state index in [1.54, 1.807) is 13.8 Å². The zero-order chi connectivity index (χ0) is 21.7. The Morgan fingerprint density at radius 2 is 1.97 bits per heavy atom. The average molecular weight is 444 g/mol. The lowest BCUT2D eigenvalue weighted by molar-refractivity contribution is 0.00165. The quantitative estimate of drug-likeness (QED) is 0.622. The third-order valence-corrected chi connectivity index (χ3v) is 7.04. The van der Waals surface area contributed by atoms with Crippen molar-refractivity contribution in [1.29, 1.82) is 0 Å². The summed E-state index contributed by atoms with van der Waals surface area (Å²) in [5.74, 6) is -1.12. The second kappa shape index (κ2) is 10.1. The van der Waals surface area contributed by atoms with Crippen molar-refractivity contribution in [3.05, 3.63) is 29.6 Å². The third-order valence-electron chi connectivity index (χ3n) is 5.38. The predicted octanol–water partition coefficient (Wildman–Crippen LogP) is 0.980. The van der Waals surface area contributed by atoms with Crippen molar-refractivity contribution >= 4 is 15.9 Å². The van der Waals surface area contributed by atoms with Crippen molar-refractivity contribution in [3.8, 4) is 0 Å². The van der Waals surface area contributed by atoms with Gasteiger partial charge in [-0.15, -0.1) is 0 Å². The van der Waals surface area contributed by atoms with Crippen LogP contribution in [-0.4, -0.2) is 77.4 Å². The molecule has 8 nitrogen and oxygen atoms in total. The number of ether oxygens (including phenoxy) is 2. The second-order valence-electron chi connectivity index (χ2n) is 7.97. The lowest BCUT2D eigenvalue weighted by Crippen LogP contribution is -2.52. The number of nitrogens with zero attached hydrogens (tertiary/aromatic N) is 1. The average Bonchev–Trinajstić information content (AvgIpc) is 3.22. The molecule has 2 atom stereocenters. The molecule has 2 unspecified atom stereocenters. The van der Waals surface area contributed by atoms with Gasteiger partial charge in [0.25, 0.3) is 5.91 Å². The fraction of sp³-hybridized carbons (Fsp3) is 0.650. The minimum Gasteiger partial charge on any atom is -0.381 e. The van der Waals surface area contributed by atoms with Gasteiger partial charge in [0.2, 0.25) is 10.0 Å². The van der Waals surface area contributed by atoms with Crippen molar-refractivity contribution in [3.63, 3.8) is 0 Å². The van der Waals surface area contributed by atoms with Crippen molar-refractivity contribution in [2.75, 3.05) is 46.1 Å². The number of carbonyl (C=O) groups is 1. The van der Waals surface area contributed by atoms with Crippen LogP contribution in [0.4, 0.5) is 4.39 Å². The number of sulfonamides is 1. The molecule has 2 N–H and O–H groups in total. The molecule has 2 aliphatic rings. The van der Waals surface area contributed by atoms with Crippen LogP contribution in [0.25, 0.3) is 0 Å². The summed E-state index contributed by atoms with van der Waals surface area (Å²) in [4.78, 5) is 14.9. The molecule has 0 bridgehead atoms. The number of nitrogens with one attached hydrogen (secondary N) is 2. The normalized spacial score (nSPS) is 21.7. The molecule has 168 valence electrons. The van der Waals surface area contributed by atoms with Gasteiger partial charge in [0.05, 0.1) is 30.3 Å². The standard InChI is InChI=1S/C20H30FN3O5S/c1-14(2)23-30(26,27)16-3-4-18(21)17(11-16)20(25)22-12-19(15-5-8-29-13-15)24-6-9-28-10-7-24/h3-4,11,14-15,19,23H,5-10,12-13H2,1-2H3,(H,22,25). The van der Waals surface area contributed by atoms with Gasteiger partial charge in [-0.05, 0) is 38.5 Å². The highest BCUT2D eigenvalue weighted by Gasteiger charge is 2.32. The molecule has 2 aliphatic heterocycles. The number of benzene rings is 1. The van der Waals surface area contributed by atoms with Gasteiger partial charge in [-0.2, -0.15) is 0 Å². The molecule has 1 aromatic rings. The largest absolute Gasteiger partial charge is 0.381 e. The maximum atomic E-state index is 14.3. The van der Waals surface area contributed by atoms with E-state index in [4.69, 9.17) is 9.47 Å². The Labute approximate surface area is 177 Å². The maximum Gasteiger partial charge on any atom is 0.254 e. The van der Waals surface area contributed by atoms with Crippen LogP contribution in [-0.2, 0) is 19.5 Å². The molecule has 2 fully saturated rings. The van der Waals surface area contributed by atoms with E-state index in [1.807, 2.05) is 0 Å². The highest BCUT2D eigenvalue weighted by atomic mass is 32.2. The summed E-state index contributed by atoms with van der Waals surface area (Å²) < 4.78 is 52.5. The maximum absolute atomic E-state index is 14.3. The summed E-state index contributed by atoms with van der Waals surface area (Å²) >= 11 is 0. The van der Waals surface area contributed by atoms with Crippen LogP contribution in [0.5, 0.6) is 0 Å². The van der Waals surface area contributed by atoms with Crippen LogP contribution < -0.4 is 10.0 Å². The van der Waals surface area contributed by atoms with Crippen LogP contribution in [0.1, 0.15) is 30.6 Å². The van der Waals surface area contributed by atoms with E-state index in [1.165, 1.54) is 0 Å². The van der Waals surface area contributed by atoms with Crippen molar-refractivity contribution < 1.29 is 27.1 Å². The first kappa shape index (κ1) is 23.1. The fourth-order valence-electron chi connectivity index (χ4n) is 3.88. The molecule has 30 heavy (non-hydrogen) atoms. The molecule has 2 saturated heterocycles. The van der Waals surface area contributed by atoms with Crippen molar-refractivity contribution in [1.82, 2.24) is 14.9 Å². The monoisotopic (exact) mass is 443 g/mol. The molecule has 10 heteroatoms. The highest BCUT2D eigenvalue weighted by molar-refractivity contribution is 7.89. The first-order chi connectivity index (χ1) is 14.3. The molecule has 1 amide bonds. The van der Waals surface area contributed by atoms with Gasteiger partial charge in [0, 0.05) is 44.2 Å². The van der Waals surface area contributed by atoms with Gasteiger partial charge in [-0.1, -0.05) is 0 Å². The second-order valence-corrected chi connectivity index (χ2v) is 9.68. The number of morpholine rings is 1. The van der Waals surface area contributed by atoms with Crippen molar-refractivity contribution in [2.45, 2.75) is 37.2 Å². The summed E-state index contributed by atoms with van der Waals surface area (Å²) in [5, 5.41) is 2.80.